The normalized spacial score (nSPS) is 15.1. The van der Waals surface area contributed by atoms with Crippen molar-refractivity contribution in [3.63, 3.8) is 0 Å². The highest BCUT2D eigenvalue weighted by Gasteiger charge is 2.31. The summed E-state index contributed by atoms with van der Waals surface area (Å²) in [5, 5.41) is 7.55. The summed E-state index contributed by atoms with van der Waals surface area (Å²) in [7, 11) is 4.65. The van der Waals surface area contributed by atoms with Crippen LogP contribution in [0.1, 0.15) is 18.1 Å². The summed E-state index contributed by atoms with van der Waals surface area (Å²) in [6, 6.07) is 3.45. The van der Waals surface area contributed by atoms with Crippen molar-refractivity contribution in [1.82, 2.24) is 20.0 Å². The number of carbonyl (C=O) groups is 1. The van der Waals surface area contributed by atoms with Gasteiger partial charge in [0.2, 0.25) is 0 Å². The molecule has 1 aliphatic heterocycles. The maximum atomic E-state index is 12.9. The SMILES string of the molecule is CCn1cc(CN2C(=O)/C(=C\c3cc(OC)c(OC)cc3OC)NC2=S)cn1. The average Bonchev–Trinajstić information content (AvgIpc) is 3.27. The van der Waals surface area contributed by atoms with E-state index in [2.05, 4.69) is 10.4 Å². The number of amides is 1. The van der Waals surface area contributed by atoms with Gasteiger partial charge in [0, 0.05) is 29.9 Å². The zero-order valence-electron chi connectivity index (χ0n) is 16.2. The third kappa shape index (κ3) is 3.79. The van der Waals surface area contributed by atoms with Gasteiger partial charge in [-0.05, 0) is 31.3 Å². The molecule has 3 rings (SSSR count). The van der Waals surface area contributed by atoms with Crippen molar-refractivity contribution < 1.29 is 19.0 Å². The summed E-state index contributed by atoms with van der Waals surface area (Å²) in [6.07, 6.45) is 5.32. The Hall–Kier alpha value is -3.07. The fraction of sp³-hybridized carbons (Fsp3) is 0.316. The molecule has 1 aromatic heterocycles. The molecule has 1 fully saturated rings. The molecule has 9 heteroatoms. The molecule has 0 aliphatic carbocycles. The lowest BCUT2D eigenvalue weighted by atomic mass is 10.1. The van der Waals surface area contributed by atoms with Crippen LogP contribution in [0.15, 0.2) is 30.2 Å². The van der Waals surface area contributed by atoms with E-state index in [-0.39, 0.29) is 5.91 Å². The number of nitrogens with one attached hydrogen (secondary N) is 1. The highest BCUT2D eigenvalue weighted by Crippen LogP contribution is 2.36. The number of methoxy groups -OCH3 is 3. The van der Waals surface area contributed by atoms with Crippen LogP contribution in [-0.2, 0) is 17.9 Å². The van der Waals surface area contributed by atoms with Gasteiger partial charge in [-0.15, -0.1) is 0 Å². The molecule has 8 nitrogen and oxygen atoms in total. The molecule has 0 atom stereocenters. The van der Waals surface area contributed by atoms with Crippen LogP contribution in [0.5, 0.6) is 17.2 Å². The second kappa shape index (κ2) is 8.30. The summed E-state index contributed by atoms with van der Waals surface area (Å²) in [5.41, 5.74) is 1.93. The molecule has 148 valence electrons. The summed E-state index contributed by atoms with van der Waals surface area (Å²) < 4.78 is 17.9. The minimum Gasteiger partial charge on any atom is -0.496 e. The third-order valence-electron chi connectivity index (χ3n) is 4.35. The molecule has 0 spiro atoms. The van der Waals surface area contributed by atoms with E-state index in [1.54, 1.807) is 50.4 Å². The van der Waals surface area contributed by atoms with E-state index in [0.29, 0.717) is 40.2 Å². The van der Waals surface area contributed by atoms with Crippen molar-refractivity contribution in [3.05, 3.63) is 41.4 Å². The monoisotopic (exact) mass is 402 g/mol. The number of ether oxygens (including phenoxy) is 3. The Morgan fingerprint density at radius 2 is 1.82 bits per heavy atom. The van der Waals surface area contributed by atoms with Gasteiger partial charge in [0.15, 0.2) is 16.6 Å². The number of rotatable bonds is 7. The average molecular weight is 402 g/mol. The molecule has 2 aromatic rings. The first kappa shape index (κ1) is 19.7. The Bertz CT molecular complexity index is 938. The predicted octanol–water partition coefficient (Wildman–Crippen LogP) is 2.19. The van der Waals surface area contributed by atoms with Gasteiger partial charge < -0.3 is 19.5 Å². The number of aryl methyl sites for hydroxylation is 1. The largest absolute Gasteiger partial charge is 0.496 e. The predicted molar refractivity (Wildman–Crippen MR) is 108 cm³/mol. The first-order valence-electron chi connectivity index (χ1n) is 8.66. The number of aromatic nitrogens is 2. The molecule has 0 bridgehead atoms. The molecule has 28 heavy (non-hydrogen) atoms. The molecular formula is C19H22N4O4S. The van der Waals surface area contributed by atoms with Crippen molar-refractivity contribution in [2.75, 3.05) is 21.3 Å². The lowest BCUT2D eigenvalue weighted by Crippen LogP contribution is -2.29. The second-order valence-corrected chi connectivity index (χ2v) is 6.42. The van der Waals surface area contributed by atoms with E-state index in [1.807, 2.05) is 13.1 Å². The first-order valence-corrected chi connectivity index (χ1v) is 9.07. The van der Waals surface area contributed by atoms with Gasteiger partial charge in [-0.25, -0.2) is 0 Å². The standard InChI is InChI=1S/C19H22N4O4S/c1-5-22-10-12(9-20-22)11-23-18(24)14(21-19(23)28)6-13-7-16(26-3)17(27-4)8-15(13)25-2/h6-10H,5,11H2,1-4H3,(H,21,28)/b14-6+. The topological polar surface area (TPSA) is 77.9 Å². The van der Waals surface area contributed by atoms with Crippen LogP contribution in [-0.4, -0.2) is 47.0 Å². The number of benzene rings is 1. The van der Waals surface area contributed by atoms with Gasteiger partial charge in [0.1, 0.15) is 11.4 Å². The quantitative estimate of drug-likeness (QED) is 0.562. The zero-order chi connectivity index (χ0) is 20.3. The van der Waals surface area contributed by atoms with Gasteiger partial charge in [0.05, 0.1) is 34.1 Å². The lowest BCUT2D eigenvalue weighted by Gasteiger charge is -2.13. The van der Waals surface area contributed by atoms with Crippen LogP contribution >= 0.6 is 12.2 Å². The smallest absolute Gasteiger partial charge is 0.276 e. The van der Waals surface area contributed by atoms with Crippen molar-refractivity contribution in [2.24, 2.45) is 0 Å². The molecule has 0 saturated carbocycles. The molecule has 1 saturated heterocycles. The van der Waals surface area contributed by atoms with Crippen molar-refractivity contribution in [3.8, 4) is 17.2 Å². The van der Waals surface area contributed by atoms with Crippen LogP contribution in [0.4, 0.5) is 0 Å². The second-order valence-electron chi connectivity index (χ2n) is 6.03. The molecule has 0 unspecified atom stereocenters. The summed E-state index contributed by atoms with van der Waals surface area (Å²) in [6.45, 7) is 3.12. The van der Waals surface area contributed by atoms with Crippen molar-refractivity contribution >= 4 is 29.3 Å². The number of hydrogen-bond donors (Lipinski definition) is 1. The Labute approximate surface area is 168 Å². The maximum Gasteiger partial charge on any atom is 0.276 e. The van der Waals surface area contributed by atoms with E-state index in [4.69, 9.17) is 26.4 Å². The summed E-state index contributed by atoms with van der Waals surface area (Å²) in [4.78, 5) is 14.4. The molecule has 1 amide bonds. The first-order chi connectivity index (χ1) is 13.5. The number of carbonyl (C=O) groups excluding carboxylic acids is 1. The van der Waals surface area contributed by atoms with Gasteiger partial charge in [0.25, 0.3) is 5.91 Å². The van der Waals surface area contributed by atoms with Crippen LogP contribution in [0.3, 0.4) is 0 Å². The van der Waals surface area contributed by atoms with E-state index >= 15 is 0 Å². The molecule has 1 N–H and O–H groups in total. The van der Waals surface area contributed by atoms with Crippen LogP contribution in [0.2, 0.25) is 0 Å². The highest BCUT2D eigenvalue weighted by atomic mass is 32.1. The van der Waals surface area contributed by atoms with Crippen LogP contribution in [0, 0.1) is 0 Å². The fourth-order valence-electron chi connectivity index (χ4n) is 2.88. The Morgan fingerprint density at radius 1 is 1.14 bits per heavy atom. The van der Waals surface area contributed by atoms with Crippen LogP contribution < -0.4 is 19.5 Å². The number of hydrogen-bond acceptors (Lipinski definition) is 6. The molecule has 1 aliphatic rings. The summed E-state index contributed by atoms with van der Waals surface area (Å²) in [5.74, 6) is 1.41. The molecule has 1 aromatic carbocycles. The van der Waals surface area contributed by atoms with Gasteiger partial charge in [-0.1, -0.05) is 0 Å². The number of thiocarbonyl (C=S) groups is 1. The van der Waals surface area contributed by atoms with Gasteiger partial charge in [-0.2, -0.15) is 5.10 Å². The van der Waals surface area contributed by atoms with Crippen molar-refractivity contribution in [1.29, 1.82) is 0 Å². The molecule has 2 heterocycles. The number of nitrogens with zero attached hydrogens (tertiary/aromatic N) is 3. The third-order valence-corrected chi connectivity index (χ3v) is 4.67. The Kier molecular flexibility index (Phi) is 5.84. The Balaban J connectivity index is 1.89. The van der Waals surface area contributed by atoms with E-state index in [0.717, 1.165) is 12.1 Å². The van der Waals surface area contributed by atoms with E-state index in [1.165, 1.54) is 4.90 Å². The summed E-state index contributed by atoms with van der Waals surface area (Å²) >= 11 is 5.34. The molecule has 0 radical (unpaired) electrons. The maximum absolute atomic E-state index is 12.9. The zero-order valence-corrected chi connectivity index (χ0v) is 17.0. The van der Waals surface area contributed by atoms with E-state index < -0.39 is 0 Å². The minimum absolute atomic E-state index is 0.217. The van der Waals surface area contributed by atoms with Crippen molar-refractivity contribution in [2.45, 2.75) is 20.0 Å². The minimum atomic E-state index is -0.217. The lowest BCUT2D eigenvalue weighted by molar-refractivity contribution is -0.122. The fourth-order valence-corrected chi connectivity index (χ4v) is 3.14. The Morgan fingerprint density at radius 3 is 2.43 bits per heavy atom. The molecular weight excluding hydrogens is 380 g/mol. The van der Waals surface area contributed by atoms with E-state index in [9.17, 15) is 4.79 Å². The highest BCUT2D eigenvalue weighted by molar-refractivity contribution is 7.80. The van der Waals surface area contributed by atoms with Gasteiger partial charge >= 0.3 is 0 Å². The van der Waals surface area contributed by atoms with Crippen LogP contribution in [0.25, 0.3) is 6.08 Å². The van der Waals surface area contributed by atoms with Gasteiger partial charge in [-0.3, -0.25) is 14.4 Å².